The van der Waals surface area contributed by atoms with Crippen LogP contribution in [-0.2, 0) is 49.6 Å². The predicted molar refractivity (Wildman–Crippen MR) is 227 cm³/mol. The van der Waals surface area contributed by atoms with Crippen LogP contribution in [0.5, 0.6) is 0 Å². The van der Waals surface area contributed by atoms with Crippen LogP contribution in [0.25, 0.3) is 33.3 Å². The highest BCUT2D eigenvalue weighted by molar-refractivity contribution is 5.89. The van der Waals surface area contributed by atoms with Crippen molar-refractivity contribution in [3.63, 3.8) is 0 Å². The Bertz CT molecular complexity index is 2460. The Labute approximate surface area is 339 Å². The van der Waals surface area contributed by atoms with E-state index in [1.165, 1.54) is 27.8 Å². The Morgan fingerprint density at radius 1 is 0.621 bits per heavy atom. The predicted octanol–water partition coefficient (Wildman–Crippen LogP) is 9.50. The van der Waals surface area contributed by atoms with Crippen LogP contribution in [0.15, 0.2) is 134 Å². The third-order valence-electron chi connectivity index (χ3n) is 11.4. The van der Waals surface area contributed by atoms with E-state index in [4.69, 9.17) is 9.47 Å². The molecule has 0 unspecified atom stereocenters. The van der Waals surface area contributed by atoms with E-state index >= 15 is 0 Å². The maximum Gasteiger partial charge on any atom is 0.410 e. The quantitative estimate of drug-likeness (QED) is 0.145. The molecule has 4 aromatic heterocycles. The van der Waals surface area contributed by atoms with Crippen molar-refractivity contribution >= 4 is 34.3 Å². The second-order valence-corrected chi connectivity index (χ2v) is 15.2. The van der Waals surface area contributed by atoms with Crippen LogP contribution in [0, 0.1) is 0 Å². The molecule has 0 radical (unpaired) electrons. The molecule has 2 aliphatic rings. The fourth-order valence-corrected chi connectivity index (χ4v) is 8.63. The van der Waals surface area contributed by atoms with E-state index in [1.807, 2.05) is 108 Å². The number of aromatic nitrogens is 4. The van der Waals surface area contributed by atoms with Crippen molar-refractivity contribution in [2.45, 2.75) is 63.8 Å². The molecule has 2 fully saturated rings. The molecule has 0 bridgehead atoms. The summed E-state index contributed by atoms with van der Waals surface area (Å²) in [4.78, 5) is 38.4. The molecule has 2 saturated heterocycles. The number of hydrogen-bond acceptors (Lipinski definition) is 6. The minimum Gasteiger partial charge on any atom is -0.445 e. The van der Waals surface area contributed by atoms with Crippen LogP contribution < -0.4 is 0 Å². The summed E-state index contributed by atoms with van der Waals surface area (Å²) in [5, 5.41) is 2.32. The van der Waals surface area contributed by atoms with Gasteiger partial charge in [-0.3, -0.25) is 0 Å². The van der Waals surface area contributed by atoms with Gasteiger partial charge >= 0.3 is 12.2 Å². The van der Waals surface area contributed by atoms with Gasteiger partial charge in [0.15, 0.2) is 0 Å². The Morgan fingerprint density at radius 2 is 1.14 bits per heavy atom. The van der Waals surface area contributed by atoms with Crippen LogP contribution in [-0.4, -0.2) is 66.3 Å². The van der Waals surface area contributed by atoms with E-state index < -0.39 is 0 Å². The minimum absolute atomic E-state index is 0.117. The van der Waals surface area contributed by atoms with Crippen LogP contribution >= 0.6 is 0 Å². The lowest BCUT2D eigenvalue weighted by Gasteiger charge is -2.24. The number of hydrogen-bond donors (Lipinski definition) is 0. The van der Waals surface area contributed by atoms with Crippen LogP contribution in [0.3, 0.4) is 0 Å². The number of rotatable bonds is 9. The first-order valence-corrected chi connectivity index (χ1v) is 20.3. The summed E-state index contributed by atoms with van der Waals surface area (Å²) < 4.78 is 15.4. The Balaban J connectivity index is 0.000000165. The van der Waals surface area contributed by atoms with Gasteiger partial charge in [0.05, 0.1) is 5.69 Å². The van der Waals surface area contributed by atoms with Gasteiger partial charge in [-0.05, 0) is 90.6 Å². The third kappa shape index (κ3) is 8.46. The highest BCUT2D eigenvalue weighted by Gasteiger charge is 2.33. The number of ether oxygens (including phenoxy) is 2. The second kappa shape index (κ2) is 17.8. The number of carbonyl (C=O) groups excluding carboxylic acids is 2. The molecule has 0 saturated carbocycles. The fraction of sp³-hybridized carbons (Fsp3) is 0.292. The van der Waals surface area contributed by atoms with Crippen molar-refractivity contribution in [2.24, 2.45) is 14.1 Å². The average molecular weight is 775 g/mol. The minimum atomic E-state index is -0.226. The summed E-state index contributed by atoms with van der Waals surface area (Å²) in [5.41, 5.74) is 8.79. The highest BCUT2D eigenvalue weighted by Crippen LogP contribution is 2.35. The zero-order valence-electron chi connectivity index (χ0n) is 33.2. The lowest BCUT2D eigenvalue weighted by Crippen LogP contribution is -2.37. The maximum absolute atomic E-state index is 12.9. The fourth-order valence-electron chi connectivity index (χ4n) is 8.63. The van der Waals surface area contributed by atoms with Crippen LogP contribution in [0.2, 0.25) is 0 Å². The normalized spacial score (nSPS) is 16.4. The molecule has 10 heteroatoms. The van der Waals surface area contributed by atoms with Gasteiger partial charge in [-0.1, -0.05) is 91.0 Å². The molecule has 3 aromatic carbocycles. The largest absolute Gasteiger partial charge is 0.445 e. The zero-order chi connectivity index (χ0) is 39.8. The summed E-state index contributed by atoms with van der Waals surface area (Å²) >= 11 is 0. The van der Waals surface area contributed by atoms with Crippen molar-refractivity contribution < 1.29 is 19.1 Å². The maximum atomic E-state index is 12.9. The molecule has 2 amide bonds. The van der Waals surface area contributed by atoms with Crippen LogP contribution in [0.1, 0.15) is 47.9 Å². The molecule has 9 rings (SSSR count). The number of amides is 2. The highest BCUT2D eigenvalue weighted by atomic mass is 16.6. The number of likely N-dealkylation sites (tertiary alicyclic amines) is 2. The summed E-state index contributed by atoms with van der Waals surface area (Å²) in [6.45, 7) is 2.13. The first kappa shape index (κ1) is 38.5. The molecule has 296 valence electrons. The average Bonchev–Trinajstić information content (AvgIpc) is 4.07. The molecule has 58 heavy (non-hydrogen) atoms. The second-order valence-electron chi connectivity index (χ2n) is 15.2. The Kier molecular flexibility index (Phi) is 11.8. The summed E-state index contributed by atoms with van der Waals surface area (Å²) in [7, 11) is 4.08. The van der Waals surface area contributed by atoms with Crippen molar-refractivity contribution in [3.05, 3.63) is 156 Å². The summed E-state index contributed by atoms with van der Waals surface area (Å²) in [5.74, 6) is 0. The molecular weight excluding hydrogens is 725 g/mol. The van der Waals surface area contributed by atoms with Gasteiger partial charge in [0, 0.05) is 68.6 Å². The molecule has 6 heterocycles. The molecule has 0 N–H and O–H groups in total. The van der Waals surface area contributed by atoms with Gasteiger partial charge in [0.2, 0.25) is 0 Å². The number of benzene rings is 3. The number of aryl methyl sites for hydroxylation is 2. The molecule has 2 atom stereocenters. The number of pyridine rings is 2. The van der Waals surface area contributed by atoms with Gasteiger partial charge in [-0.2, -0.15) is 0 Å². The van der Waals surface area contributed by atoms with E-state index in [-0.39, 0.29) is 24.3 Å². The lowest BCUT2D eigenvalue weighted by molar-refractivity contribution is 0.0914. The summed E-state index contributed by atoms with van der Waals surface area (Å²) in [6, 6.07) is 38.6. The molecule has 2 aliphatic heterocycles. The SMILES string of the molecule is Cn1c(-c2ccccc2)c(C[C@@H]2CCCN2C(=O)OCc2ccccc2)c2cccnc21.Cn1cc(C[C@@H]2CCCN2C(=O)OCc2ccccc2)c2cccnc21. The Morgan fingerprint density at radius 3 is 1.72 bits per heavy atom. The lowest BCUT2D eigenvalue weighted by atomic mass is 9.98. The van der Waals surface area contributed by atoms with E-state index in [0.717, 1.165) is 79.4 Å². The van der Waals surface area contributed by atoms with Gasteiger partial charge in [0.1, 0.15) is 24.5 Å². The number of nitrogens with zero attached hydrogens (tertiary/aromatic N) is 6. The van der Waals surface area contributed by atoms with Gasteiger partial charge in [-0.25, -0.2) is 19.6 Å². The monoisotopic (exact) mass is 774 g/mol. The van der Waals surface area contributed by atoms with Gasteiger partial charge in [0.25, 0.3) is 0 Å². The van der Waals surface area contributed by atoms with Crippen molar-refractivity contribution in [1.82, 2.24) is 28.9 Å². The summed E-state index contributed by atoms with van der Waals surface area (Å²) in [6.07, 6.45) is 11.0. The van der Waals surface area contributed by atoms with Gasteiger partial charge < -0.3 is 28.4 Å². The molecule has 0 spiro atoms. The van der Waals surface area contributed by atoms with Crippen molar-refractivity contribution in [1.29, 1.82) is 0 Å². The standard InChI is InChI=1S/C27H27N3O2.C21H23N3O2/c1-29-25(21-12-6-3-7-13-21)24(23-15-8-16-28-26(23)29)18-22-14-9-17-30(22)27(31)32-19-20-10-4-2-5-11-20;1-23-14-17(19-10-5-11-22-20(19)23)13-18-9-6-12-24(18)21(25)26-15-16-7-3-2-4-8-16/h2-8,10-13,15-16,22H,9,14,17-19H2,1H3;2-5,7-8,10-11,14,18H,6,9,12-13,15H2,1H3/t22-;18-/m00/s1. The van der Waals surface area contributed by atoms with E-state index in [0.29, 0.717) is 13.2 Å². The molecular formula is C48H50N6O4. The van der Waals surface area contributed by atoms with Crippen molar-refractivity contribution in [2.75, 3.05) is 13.1 Å². The van der Waals surface area contributed by atoms with Crippen LogP contribution in [0.4, 0.5) is 9.59 Å². The smallest absolute Gasteiger partial charge is 0.410 e. The van der Waals surface area contributed by atoms with Gasteiger partial charge in [-0.15, -0.1) is 0 Å². The van der Waals surface area contributed by atoms with E-state index in [9.17, 15) is 9.59 Å². The first-order chi connectivity index (χ1) is 28.4. The molecule has 7 aromatic rings. The van der Waals surface area contributed by atoms with E-state index in [2.05, 4.69) is 68.7 Å². The topological polar surface area (TPSA) is 94.7 Å². The zero-order valence-corrected chi connectivity index (χ0v) is 33.2. The third-order valence-corrected chi connectivity index (χ3v) is 11.4. The number of fused-ring (bicyclic) bond motifs is 2. The van der Waals surface area contributed by atoms with E-state index in [1.54, 1.807) is 0 Å². The Hall–Kier alpha value is -6.42. The van der Waals surface area contributed by atoms with Crippen molar-refractivity contribution in [3.8, 4) is 11.3 Å². The molecule has 0 aliphatic carbocycles. The first-order valence-electron chi connectivity index (χ1n) is 20.3. The number of carbonyl (C=O) groups is 2. The molecule has 10 nitrogen and oxygen atoms in total.